The van der Waals surface area contributed by atoms with E-state index in [1.807, 2.05) is 24.3 Å². The van der Waals surface area contributed by atoms with E-state index in [0.717, 1.165) is 27.6 Å². The number of methoxy groups -OCH3 is 1. The molecule has 2 heterocycles. The highest BCUT2D eigenvalue weighted by Crippen LogP contribution is 2.25. The summed E-state index contributed by atoms with van der Waals surface area (Å²) in [6.45, 7) is 0.363. The molecule has 7 heteroatoms. The van der Waals surface area contributed by atoms with E-state index in [-0.39, 0.29) is 11.7 Å². The number of rotatable bonds is 4. The average Bonchev–Trinajstić information content (AvgIpc) is 2.65. The number of esters is 1. The van der Waals surface area contributed by atoms with Crippen LogP contribution < -0.4 is 4.73 Å². The van der Waals surface area contributed by atoms with Crippen LogP contribution in [0.5, 0.6) is 0 Å². The van der Waals surface area contributed by atoms with Gasteiger partial charge in [0.05, 0.1) is 12.9 Å². The van der Waals surface area contributed by atoms with Crippen molar-refractivity contribution < 1.29 is 19.1 Å². The highest BCUT2D eigenvalue weighted by atomic mass is 32.2. The largest absolute Gasteiger partial charge is 0.618 e. The minimum Gasteiger partial charge on any atom is -0.618 e. The predicted molar refractivity (Wildman–Crippen MR) is 92.6 cm³/mol. The lowest BCUT2D eigenvalue weighted by molar-refractivity contribution is -0.645. The number of benzene rings is 1. The Bertz CT molecular complexity index is 796. The van der Waals surface area contributed by atoms with E-state index in [9.17, 15) is 14.8 Å². The van der Waals surface area contributed by atoms with Crippen molar-refractivity contribution in [2.45, 2.75) is 24.0 Å². The van der Waals surface area contributed by atoms with Gasteiger partial charge in [-0.15, -0.1) is 0 Å². The van der Waals surface area contributed by atoms with Crippen LogP contribution in [-0.2, 0) is 27.3 Å². The number of amides is 1. The highest BCUT2D eigenvalue weighted by molar-refractivity contribution is 7.99. The van der Waals surface area contributed by atoms with E-state index in [1.54, 1.807) is 23.1 Å². The number of fused-ring (bicyclic) bond motifs is 1. The quantitative estimate of drug-likeness (QED) is 0.359. The van der Waals surface area contributed by atoms with Gasteiger partial charge in [-0.25, -0.2) is 4.79 Å². The Labute approximate surface area is 150 Å². The van der Waals surface area contributed by atoms with Gasteiger partial charge in [0.1, 0.15) is 6.04 Å². The summed E-state index contributed by atoms with van der Waals surface area (Å²) in [5, 5.41) is 12.1. The van der Waals surface area contributed by atoms with Crippen LogP contribution in [0.4, 0.5) is 0 Å². The summed E-state index contributed by atoms with van der Waals surface area (Å²) in [6, 6.07) is 12.2. The zero-order chi connectivity index (χ0) is 17.8. The van der Waals surface area contributed by atoms with Gasteiger partial charge in [0.25, 0.3) is 5.03 Å². The van der Waals surface area contributed by atoms with Crippen LogP contribution in [0.25, 0.3) is 0 Å². The van der Waals surface area contributed by atoms with Gasteiger partial charge in [-0.05, 0) is 29.0 Å². The van der Waals surface area contributed by atoms with Crippen LogP contribution in [-0.4, -0.2) is 35.7 Å². The number of ether oxygens (including phenoxy) is 1. The van der Waals surface area contributed by atoms with E-state index >= 15 is 0 Å². The predicted octanol–water partition coefficient (Wildman–Crippen LogP) is 1.54. The first-order valence-electron chi connectivity index (χ1n) is 7.85. The molecule has 1 aliphatic heterocycles. The molecular formula is C18H18N2O4S. The molecule has 1 aromatic carbocycles. The number of nitrogens with zero attached hydrogens (tertiary/aromatic N) is 2. The fourth-order valence-electron chi connectivity index (χ4n) is 2.87. The maximum absolute atomic E-state index is 12.7. The van der Waals surface area contributed by atoms with Crippen molar-refractivity contribution in [3.05, 3.63) is 65.0 Å². The molecule has 25 heavy (non-hydrogen) atoms. The van der Waals surface area contributed by atoms with Gasteiger partial charge >= 0.3 is 5.97 Å². The highest BCUT2D eigenvalue weighted by Gasteiger charge is 2.35. The molecule has 1 aliphatic rings. The van der Waals surface area contributed by atoms with Gasteiger partial charge in [0.2, 0.25) is 5.91 Å². The molecule has 130 valence electrons. The zero-order valence-electron chi connectivity index (χ0n) is 13.8. The minimum atomic E-state index is -0.636. The summed E-state index contributed by atoms with van der Waals surface area (Å²) >= 11 is 1.16. The van der Waals surface area contributed by atoms with Gasteiger partial charge in [-0.2, -0.15) is 4.73 Å². The third kappa shape index (κ3) is 3.76. The van der Waals surface area contributed by atoms with Gasteiger partial charge < -0.3 is 14.8 Å². The van der Waals surface area contributed by atoms with E-state index in [2.05, 4.69) is 0 Å². The van der Waals surface area contributed by atoms with E-state index < -0.39 is 12.0 Å². The van der Waals surface area contributed by atoms with Gasteiger partial charge in [-0.1, -0.05) is 24.3 Å². The Kier molecular flexibility index (Phi) is 5.23. The van der Waals surface area contributed by atoms with Crippen LogP contribution in [0.3, 0.4) is 0 Å². The Morgan fingerprint density at radius 2 is 1.96 bits per heavy atom. The molecule has 0 N–H and O–H groups in total. The molecule has 0 fully saturated rings. The monoisotopic (exact) mass is 358 g/mol. The second-order valence-corrected chi connectivity index (χ2v) is 6.68. The molecule has 6 nitrogen and oxygen atoms in total. The molecular weight excluding hydrogens is 340 g/mol. The SMILES string of the molecule is COC(=O)[C@@H]1Cc2ccccc2CN1C(=O)CSc1cccc[n+]1[O-]. The normalized spacial score (nSPS) is 16.2. The Morgan fingerprint density at radius 3 is 2.68 bits per heavy atom. The van der Waals surface area contributed by atoms with Crippen molar-refractivity contribution in [3.8, 4) is 0 Å². The van der Waals surface area contributed by atoms with Crippen LogP contribution in [0.2, 0.25) is 0 Å². The number of hydrogen-bond acceptors (Lipinski definition) is 5. The van der Waals surface area contributed by atoms with Crippen LogP contribution in [0.15, 0.2) is 53.7 Å². The first-order valence-corrected chi connectivity index (χ1v) is 8.84. The molecule has 2 aromatic rings. The van der Waals surface area contributed by atoms with E-state index in [4.69, 9.17) is 4.74 Å². The van der Waals surface area contributed by atoms with E-state index in [1.165, 1.54) is 13.3 Å². The molecule has 1 amide bonds. The summed E-state index contributed by atoms with van der Waals surface area (Å²) < 4.78 is 5.60. The van der Waals surface area contributed by atoms with Crippen LogP contribution >= 0.6 is 11.8 Å². The molecule has 3 rings (SSSR count). The first-order chi connectivity index (χ1) is 12.1. The molecule has 0 saturated carbocycles. The fourth-order valence-corrected chi connectivity index (χ4v) is 3.67. The second-order valence-electron chi connectivity index (χ2n) is 5.69. The summed E-state index contributed by atoms with van der Waals surface area (Å²) in [5.41, 5.74) is 2.08. The van der Waals surface area contributed by atoms with Crippen molar-refractivity contribution in [2.75, 3.05) is 12.9 Å². The third-order valence-electron chi connectivity index (χ3n) is 4.17. The Hall–Kier alpha value is -2.54. The van der Waals surface area contributed by atoms with Crippen molar-refractivity contribution >= 4 is 23.6 Å². The van der Waals surface area contributed by atoms with Crippen molar-refractivity contribution in [3.63, 3.8) is 0 Å². The van der Waals surface area contributed by atoms with Crippen molar-refractivity contribution in [1.29, 1.82) is 0 Å². The molecule has 0 spiro atoms. The molecule has 1 aromatic heterocycles. The topological polar surface area (TPSA) is 73.5 Å². The summed E-state index contributed by atoms with van der Waals surface area (Å²) in [5.74, 6) is -0.535. The molecule has 0 aliphatic carbocycles. The molecule has 1 atom stereocenters. The van der Waals surface area contributed by atoms with Crippen molar-refractivity contribution in [2.24, 2.45) is 0 Å². The first kappa shape index (κ1) is 17.3. The second kappa shape index (κ2) is 7.57. The molecule has 0 bridgehead atoms. The number of carbonyl (C=O) groups is 2. The number of hydrogen-bond donors (Lipinski definition) is 0. The number of thioether (sulfide) groups is 1. The van der Waals surface area contributed by atoms with Crippen LogP contribution in [0.1, 0.15) is 11.1 Å². The van der Waals surface area contributed by atoms with Crippen LogP contribution in [0, 0.1) is 5.21 Å². The Balaban J connectivity index is 1.77. The number of pyridine rings is 1. The number of aromatic nitrogens is 1. The minimum absolute atomic E-state index is 0.0852. The summed E-state index contributed by atoms with van der Waals surface area (Å²) in [6.07, 6.45) is 1.83. The van der Waals surface area contributed by atoms with Gasteiger partial charge in [0.15, 0.2) is 6.20 Å². The lowest BCUT2D eigenvalue weighted by Crippen LogP contribution is -2.49. The molecule has 0 unspecified atom stereocenters. The maximum atomic E-state index is 12.7. The third-order valence-corrected chi connectivity index (χ3v) is 5.18. The fraction of sp³-hybridized carbons (Fsp3) is 0.278. The number of carbonyl (C=O) groups excluding carboxylic acids is 2. The smallest absolute Gasteiger partial charge is 0.328 e. The Morgan fingerprint density at radius 1 is 1.24 bits per heavy atom. The maximum Gasteiger partial charge on any atom is 0.328 e. The summed E-state index contributed by atoms with van der Waals surface area (Å²) in [4.78, 5) is 26.4. The standard InChI is InChI=1S/C18H18N2O4S/c1-24-18(22)15-10-13-6-2-3-7-14(13)11-19(15)16(21)12-25-17-8-4-5-9-20(17)23/h2-9,15H,10-12H2,1H3/t15-/m0/s1. The van der Waals surface area contributed by atoms with Crippen molar-refractivity contribution in [1.82, 2.24) is 4.90 Å². The average molecular weight is 358 g/mol. The zero-order valence-corrected chi connectivity index (χ0v) is 14.6. The van der Waals surface area contributed by atoms with Gasteiger partial charge in [0, 0.05) is 25.1 Å². The summed E-state index contributed by atoms with van der Waals surface area (Å²) in [7, 11) is 1.32. The molecule has 0 saturated heterocycles. The lowest BCUT2D eigenvalue weighted by atomic mass is 9.94. The van der Waals surface area contributed by atoms with Gasteiger partial charge in [-0.3, -0.25) is 4.79 Å². The molecule has 0 radical (unpaired) electrons. The lowest BCUT2D eigenvalue weighted by Gasteiger charge is -2.35. The van der Waals surface area contributed by atoms with E-state index in [0.29, 0.717) is 18.0 Å².